The predicted molar refractivity (Wildman–Crippen MR) is 89.8 cm³/mol. The molecule has 0 radical (unpaired) electrons. The number of nitrogens with zero attached hydrogens (tertiary/aromatic N) is 2. The number of alkyl carbamates (subject to hydrolysis) is 1. The third-order valence-electron chi connectivity index (χ3n) is 3.83. The summed E-state index contributed by atoms with van der Waals surface area (Å²) in [6.45, 7) is 0.0466. The Morgan fingerprint density at radius 3 is 2.57 bits per heavy atom. The number of halogens is 3. The average Bonchev–Trinajstić information content (AvgIpc) is 3.11. The van der Waals surface area contributed by atoms with Crippen LogP contribution in [0.5, 0.6) is 11.8 Å². The van der Waals surface area contributed by atoms with Crippen molar-refractivity contribution in [2.75, 3.05) is 20.8 Å². The highest BCUT2D eigenvalue weighted by Gasteiger charge is 2.33. The molecule has 1 fully saturated rings. The third kappa shape index (κ3) is 4.09. The molecule has 0 spiro atoms. The molecule has 3 rings (SSSR count). The molecule has 0 bridgehead atoms. The molecule has 7 nitrogen and oxygen atoms in total. The molecule has 1 aliphatic rings. The number of benzene rings is 1. The minimum absolute atomic E-state index is 0.0466. The number of carbonyl (C=O) groups excluding carboxylic acids is 1. The fourth-order valence-corrected chi connectivity index (χ4v) is 2.51. The van der Waals surface area contributed by atoms with Gasteiger partial charge in [0.1, 0.15) is 11.8 Å². The van der Waals surface area contributed by atoms with Gasteiger partial charge in [-0.25, -0.2) is 9.78 Å². The summed E-state index contributed by atoms with van der Waals surface area (Å²) in [4.78, 5) is 19.4. The predicted octanol–water partition coefficient (Wildman–Crippen LogP) is 2.69. The Morgan fingerprint density at radius 1 is 1.21 bits per heavy atom. The monoisotopic (exact) mass is 393 g/mol. The highest BCUT2D eigenvalue weighted by molar-refractivity contribution is 5.70. The molecule has 2 heterocycles. The number of methoxy groups -OCH3 is 2. The summed E-state index contributed by atoms with van der Waals surface area (Å²) in [7, 11) is 2.79. The van der Waals surface area contributed by atoms with E-state index in [1.54, 1.807) is 0 Å². The van der Waals surface area contributed by atoms with Crippen LogP contribution in [-0.2, 0) is 10.9 Å². The van der Waals surface area contributed by atoms with Crippen molar-refractivity contribution >= 4 is 6.09 Å². The van der Waals surface area contributed by atoms with E-state index < -0.39 is 23.9 Å². The Hall–Kier alpha value is -3.48. The van der Waals surface area contributed by atoms with Crippen molar-refractivity contribution in [3.8, 4) is 23.6 Å². The number of aromatic nitrogens is 2. The molecule has 1 aromatic carbocycles. The van der Waals surface area contributed by atoms with E-state index in [0.29, 0.717) is 0 Å². The van der Waals surface area contributed by atoms with Crippen molar-refractivity contribution in [1.29, 1.82) is 0 Å². The van der Waals surface area contributed by atoms with Gasteiger partial charge in [0.2, 0.25) is 0 Å². The van der Waals surface area contributed by atoms with Crippen LogP contribution < -0.4 is 14.8 Å². The lowest BCUT2D eigenvalue weighted by Crippen LogP contribution is -2.13. The molecular weight excluding hydrogens is 379 g/mol. The van der Waals surface area contributed by atoms with Gasteiger partial charge in [0.05, 0.1) is 32.5 Å². The van der Waals surface area contributed by atoms with Crippen molar-refractivity contribution in [3.63, 3.8) is 0 Å². The quantitative estimate of drug-likeness (QED) is 0.808. The molecule has 1 amide bonds. The van der Waals surface area contributed by atoms with Gasteiger partial charge in [0.15, 0.2) is 0 Å². The lowest BCUT2D eigenvalue weighted by Gasteiger charge is -2.14. The van der Waals surface area contributed by atoms with E-state index in [1.165, 1.54) is 26.5 Å². The van der Waals surface area contributed by atoms with E-state index in [0.717, 1.165) is 12.1 Å². The van der Waals surface area contributed by atoms with Crippen molar-refractivity contribution in [2.45, 2.75) is 12.3 Å². The van der Waals surface area contributed by atoms with Gasteiger partial charge in [-0.05, 0) is 24.1 Å². The standard InChI is InChI=1S/C18H14F3N3O4/c1-26-15-16(27-2)24-12(8-22-15)6-4-10-3-5-11(18(19,20)21)7-13(10)14-9-23-17(25)28-14/h3,5,7-8,14H,9H2,1-2H3,(H,23,25). The zero-order valence-electron chi connectivity index (χ0n) is 14.8. The maximum Gasteiger partial charge on any atom is 0.416 e. The van der Waals surface area contributed by atoms with Gasteiger partial charge >= 0.3 is 12.3 Å². The number of amides is 1. The fraction of sp³-hybridized carbons (Fsp3) is 0.278. The van der Waals surface area contributed by atoms with Gasteiger partial charge < -0.3 is 19.5 Å². The Morgan fingerprint density at radius 2 is 1.96 bits per heavy atom. The van der Waals surface area contributed by atoms with Gasteiger partial charge in [-0.3, -0.25) is 0 Å². The minimum atomic E-state index is -4.54. The smallest absolute Gasteiger partial charge is 0.416 e. The van der Waals surface area contributed by atoms with Crippen LogP contribution in [-0.4, -0.2) is 36.8 Å². The van der Waals surface area contributed by atoms with Crippen molar-refractivity contribution < 1.29 is 32.2 Å². The maximum absolute atomic E-state index is 13.1. The number of cyclic esters (lactones) is 1. The Bertz CT molecular complexity index is 967. The van der Waals surface area contributed by atoms with Gasteiger partial charge in [-0.1, -0.05) is 5.92 Å². The number of ether oxygens (including phenoxy) is 3. The van der Waals surface area contributed by atoms with Crippen molar-refractivity contribution in [2.24, 2.45) is 0 Å². The molecule has 10 heteroatoms. The molecule has 0 aliphatic carbocycles. The third-order valence-corrected chi connectivity index (χ3v) is 3.83. The van der Waals surface area contributed by atoms with Gasteiger partial charge in [0.25, 0.3) is 11.8 Å². The highest BCUT2D eigenvalue weighted by atomic mass is 19.4. The van der Waals surface area contributed by atoms with Crippen LogP contribution in [0.25, 0.3) is 0 Å². The summed E-state index contributed by atoms with van der Waals surface area (Å²) in [5.74, 6) is 5.77. The van der Waals surface area contributed by atoms with Crippen molar-refractivity contribution in [3.05, 3.63) is 46.8 Å². The first-order valence-electron chi connectivity index (χ1n) is 7.94. The fourth-order valence-electron chi connectivity index (χ4n) is 2.51. The van der Waals surface area contributed by atoms with E-state index >= 15 is 0 Å². The summed E-state index contributed by atoms with van der Waals surface area (Å²) >= 11 is 0. The largest absolute Gasteiger partial charge is 0.477 e. The number of nitrogens with one attached hydrogen (secondary N) is 1. The van der Waals surface area contributed by atoms with Crippen LogP contribution in [0.1, 0.15) is 28.5 Å². The number of rotatable bonds is 3. The number of hydrogen-bond donors (Lipinski definition) is 1. The first-order chi connectivity index (χ1) is 13.3. The van der Waals surface area contributed by atoms with E-state index in [1.807, 2.05) is 0 Å². The molecule has 1 unspecified atom stereocenters. The summed E-state index contributed by atoms with van der Waals surface area (Å²) in [6.07, 6.45) is -4.77. The molecule has 1 saturated heterocycles. The molecule has 28 heavy (non-hydrogen) atoms. The molecule has 1 aliphatic heterocycles. The number of alkyl halides is 3. The molecule has 2 aromatic rings. The second-order valence-corrected chi connectivity index (χ2v) is 5.60. The summed E-state index contributed by atoms with van der Waals surface area (Å²) in [5.41, 5.74) is -0.216. The normalized spacial score (nSPS) is 15.9. The molecule has 1 atom stereocenters. The Kier molecular flexibility index (Phi) is 5.26. The highest BCUT2D eigenvalue weighted by Crippen LogP contribution is 2.33. The number of hydrogen-bond acceptors (Lipinski definition) is 6. The minimum Gasteiger partial charge on any atom is -0.477 e. The van der Waals surface area contributed by atoms with Crippen LogP contribution in [0.4, 0.5) is 18.0 Å². The van der Waals surface area contributed by atoms with Crippen LogP contribution in [0.2, 0.25) is 0 Å². The Balaban J connectivity index is 2.00. The molecular formula is C18H14F3N3O4. The lowest BCUT2D eigenvalue weighted by molar-refractivity contribution is -0.137. The second-order valence-electron chi connectivity index (χ2n) is 5.60. The zero-order chi connectivity index (χ0) is 20.3. The van der Waals surface area contributed by atoms with E-state index in [-0.39, 0.29) is 35.1 Å². The molecule has 0 saturated carbocycles. The van der Waals surface area contributed by atoms with E-state index in [4.69, 9.17) is 14.2 Å². The maximum atomic E-state index is 13.1. The van der Waals surface area contributed by atoms with Gasteiger partial charge in [-0.2, -0.15) is 18.2 Å². The van der Waals surface area contributed by atoms with Gasteiger partial charge in [-0.15, -0.1) is 0 Å². The molecule has 1 N–H and O–H groups in total. The van der Waals surface area contributed by atoms with E-state index in [9.17, 15) is 18.0 Å². The average molecular weight is 393 g/mol. The molecule has 146 valence electrons. The lowest BCUT2D eigenvalue weighted by atomic mass is 9.99. The second kappa shape index (κ2) is 7.64. The molecule has 1 aromatic heterocycles. The number of carbonyl (C=O) groups is 1. The SMILES string of the molecule is COc1ncc(C#Cc2ccc(C(F)(F)F)cc2C2CNC(=O)O2)nc1OC. The van der Waals surface area contributed by atoms with Crippen LogP contribution in [0.3, 0.4) is 0 Å². The van der Waals surface area contributed by atoms with Crippen molar-refractivity contribution in [1.82, 2.24) is 15.3 Å². The first-order valence-corrected chi connectivity index (χ1v) is 7.94. The zero-order valence-corrected chi connectivity index (χ0v) is 14.8. The van der Waals surface area contributed by atoms with Crippen LogP contribution >= 0.6 is 0 Å². The topological polar surface area (TPSA) is 82.6 Å². The van der Waals surface area contributed by atoms with Crippen LogP contribution in [0, 0.1) is 11.8 Å². The Labute approximate surface area is 157 Å². The summed E-state index contributed by atoms with van der Waals surface area (Å²) in [6, 6.07) is 3.07. The summed E-state index contributed by atoms with van der Waals surface area (Å²) in [5, 5.41) is 2.41. The summed E-state index contributed by atoms with van der Waals surface area (Å²) < 4.78 is 54.2. The van der Waals surface area contributed by atoms with Gasteiger partial charge in [0, 0.05) is 11.1 Å². The van der Waals surface area contributed by atoms with E-state index in [2.05, 4.69) is 27.1 Å². The first kappa shape index (κ1) is 19.3. The van der Waals surface area contributed by atoms with Crippen LogP contribution in [0.15, 0.2) is 24.4 Å².